The fourth-order valence-corrected chi connectivity index (χ4v) is 5.42. The minimum Gasteiger partial charge on any atom is -0.370 e. The van der Waals surface area contributed by atoms with Crippen LogP contribution >= 0.6 is 12.6 Å². The first-order chi connectivity index (χ1) is 23.2. The molecule has 15 nitrogen and oxygen atoms in total. The smallest absolute Gasteiger partial charge is 0.244 e. The van der Waals surface area contributed by atoms with E-state index in [-0.39, 0.29) is 49.4 Å². The molecule has 1 fully saturated rings. The molecule has 2 rings (SSSR count). The zero-order valence-electron chi connectivity index (χ0n) is 29.0. The summed E-state index contributed by atoms with van der Waals surface area (Å²) < 4.78 is 0. The van der Waals surface area contributed by atoms with E-state index in [0.717, 1.165) is 5.56 Å². The van der Waals surface area contributed by atoms with Gasteiger partial charge in [0.25, 0.3) is 0 Å². The largest absolute Gasteiger partial charge is 0.370 e. The lowest BCUT2D eigenvalue weighted by Crippen LogP contribution is -2.62. The predicted molar refractivity (Wildman–Crippen MR) is 190 cm³/mol. The normalized spacial score (nSPS) is 25.4. The number of benzene rings is 1. The molecular weight excluding hydrogens is 650 g/mol. The number of aliphatic imine (C=N–C) groups is 1. The number of hydrogen-bond donors (Lipinski definition) is 9. The van der Waals surface area contributed by atoms with E-state index < -0.39 is 71.7 Å². The van der Waals surface area contributed by atoms with Gasteiger partial charge >= 0.3 is 0 Å². The Kier molecular flexibility index (Phi) is 16.9. The molecule has 1 saturated heterocycles. The lowest BCUT2D eigenvalue weighted by Gasteiger charge is -2.30. The fraction of sp³-hybridized carbons (Fsp3) is 0.606. The number of nitrogens with zero attached hydrogens (tertiary/aromatic N) is 1. The minimum atomic E-state index is -1.19. The van der Waals surface area contributed by atoms with Crippen molar-refractivity contribution in [3.05, 3.63) is 35.9 Å². The first-order valence-corrected chi connectivity index (χ1v) is 17.3. The van der Waals surface area contributed by atoms with Crippen LogP contribution in [-0.4, -0.2) is 90.0 Å². The maximum atomic E-state index is 13.7. The van der Waals surface area contributed by atoms with Crippen LogP contribution in [0.1, 0.15) is 65.9 Å². The third-order valence-electron chi connectivity index (χ3n) is 8.19. The standard InChI is InChI=1S/C33H53N9O6S/c1-6-19(4)26-32(48)37-20(5)27(43)39-24(16-21-11-8-7-9-12-21)29(45)41-25(17-49)31(47)38-22(13-10-14-36-33(34)35)28(44)40-23(15-18(2)3)30(46)42-26/h7-9,11-12,18-20,22-26,49H,6,10,13-17H2,1-5H3,(H,37,48)(H,38,47)(H,39,43)(H,40,44)(H,41,45)(H,42,46)(H4,34,35,36)/t19-,20-,22-,23-,24-,25-,26-/m0/s1. The van der Waals surface area contributed by atoms with Crippen LogP contribution in [0.4, 0.5) is 0 Å². The number of guanidine groups is 1. The van der Waals surface area contributed by atoms with Gasteiger partial charge in [0.1, 0.15) is 36.3 Å². The van der Waals surface area contributed by atoms with Crippen LogP contribution in [-0.2, 0) is 35.2 Å². The second-order valence-electron chi connectivity index (χ2n) is 12.8. The molecule has 0 aliphatic carbocycles. The Labute approximate surface area is 293 Å². The average molecular weight is 704 g/mol. The Bertz CT molecular complexity index is 1320. The molecule has 0 radical (unpaired) electrons. The fourth-order valence-electron chi connectivity index (χ4n) is 5.17. The monoisotopic (exact) mass is 703 g/mol. The van der Waals surface area contributed by atoms with E-state index in [4.69, 9.17) is 11.5 Å². The molecule has 1 aromatic carbocycles. The van der Waals surface area contributed by atoms with Crippen LogP contribution in [0, 0.1) is 11.8 Å². The summed E-state index contributed by atoms with van der Waals surface area (Å²) in [6.07, 6.45) is 1.24. The lowest BCUT2D eigenvalue weighted by atomic mass is 9.96. The second kappa shape index (κ2) is 20.2. The first kappa shape index (κ1) is 40.8. The number of carbonyl (C=O) groups excluding carboxylic acids is 6. The number of hydrogen-bond acceptors (Lipinski definition) is 8. The summed E-state index contributed by atoms with van der Waals surface area (Å²) in [4.78, 5) is 85.5. The number of amides is 6. The summed E-state index contributed by atoms with van der Waals surface area (Å²) in [5, 5.41) is 16.2. The van der Waals surface area contributed by atoms with E-state index in [1.54, 1.807) is 31.2 Å². The van der Waals surface area contributed by atoms with Gasteiger partial charge in [0, 0.05) is 18.7 Å². The van der Waals surface area contributed by atoms with Gasteiger partial charge in [0.15, 0.2) is 5.96 Å². The molecule has 1 aliphatic heterocycles. The topological polar surface area (TPSA) is 239 Å². The highest BCUT2D eigenvalue weighted by atomic mass is 32.1. The molecule has 272 valence electrons. The number of nitrogens with one attached hydrogen (secondary N) is 6. The molecule has 7 atom stereocenters. The van der Waals surface area contributed by atoms with Crippen LogP contribution in [0.15, 0.2) is 35.3 Å². The molecule has 1 heterocycles. The molecule has 0 unspecified atom stereocenters. The average Bonchev–Trinajstić information content (AvgIpc) is 3.05. The zero-order chi connectivity index (χ0) is 36.7. The van der Waals surface area contributed by atoms with Crippen LogP contribution in [0.25, 0.3) is 0 Å². The van der Waals surface area contributed by atoms with Crippen LogP contribution in [0.3, 0.4) is 0 Å². The Morgan fingerprint density at radius 2 is 1.31 bits per heavy atom. The number of rotatable bonds is 11. The van der Waals surface area contributed by atoms with Crippen molar-refractivity contribution in [3.63, 3.8) is 0 Å². The third-order valence-corrected chi connectivity index (χ3v) is 8.56. The summed E-state index contributed by atoms with van der Waals surface area (Å²) in [6.45, 7) is 9.05. The van der Waals surface area contributed by atoms with E-state index in [2.05, 4.69) is 49.5 Å². The predicted octanol–water partition coefficient (Wildman–Crippen LogP) is -0.753. The second-order valence-corrected chi connectivity index (χ2v) is 13.2. The maximum absolute atomic E-state index is 13.7. The van der Waals surface area contributed by atoms with Gasteiger partial charge in [0.05, 0.1) is 0 Å². The molecule has 49 heavy (non-hydrogen) atoms. The third kappa shape index (κ3) is 13.6. The van der Waals surface area contributed by atoms with Crippen molar-refractivity contribution in [2.75, 3.05) is 12.3 Å². The van der Waals surface area contributed by atoms with Gasteiger partial charge in [-0.05, 0) is 43.6 Å². The summed E-state index contributed by atoms with van der Waals surface area (Å²) >= 11 is 4.27. The molecule has 1 aromatic rings. The molecule has 0 bridgehead atoms. The van der Waals surface area contributed by atoms with Crippen LogP contribution in [0.5, 0.6) is 0 Å². The van der Waals surface area contributed by atoms with Crippen molar-refractivity contribution in [2.24, 2.45) is 28.3 Å². The zero-order valence-corrected chi connectivity index (χ0v) is 29.8. The number of nitrogens with two attached hydrogens (primary N) is 2. The SMILES string of the molecule is CC[C@H](C)[C@@H]1NC(=O)[C@H](CC(C)C)NC(=O)[C@H](CCCN=C(N)N)NC(=O)[C@H](CS)NC(=O)[C@H](Cc2ccccc2)NC(=O)[C@H](C)NC1=O. The van der Waals surface area contributed by atoms with E-state index in [9.17, 15) is 28.8 Å². The Morgan fingerprint density at radius 1 is 0.755 bits per heavy atom. The molecule has 0 spiro atoms. The quantitative estimate of drug-likeness (QED) is 0.0614. The summed E-state index contributed by atoms with van der Waals surface area (Å²) in [5.74, 6) is -4.45. The summed E-state index contributed by atoms with van der Waals surface area (Å²) in [7, 11) is 0. The molecule has 1 aliphatic rings. The minimum absolute atomic E-state index is 0.0315. The van der Waals surface area contributed by atoms with Gasteiger partial charge in [-0.25, -0.2) is 0 Å². The van der Waals surface area contributed by atoms with E-state index >= 15 is 0 Å². The van der Waals surface area contributed by atoms with Crippen molar-refractivity contribution in [2.45, 2.75) is 103 Å². The van der Waals surface area contributed by atoms with Crippen LogP contribution < -0.4 is 43.4 Å². The molecule has 10 N–H and O–H groups in total. The van der Waals surface area contributed by atoms with Crippen molar-refractivity contribution < 1.29 is 28.8 Å². The molecular formula is C33H53N9O6S. The molecule has 6 amide bonds. The maximum Gasteiger partial charge on any atom is 0.244 e. The molecule has 0 aromatic heterocycles. The summed E-state index contributed by atoms with van der Waals surface area (Å²) in [5.41, 5.74) is 11.6. The first-order valence-electron chi connectivity index (χ1n) is 16.7. The van der Waals surface area contributed by atoms with Gasteiger partial charge in [-0.15, -0.1) is 0 Å². The van der Waals surface area contributed by atoms with Gasteiger partial charge < -0.3 is 43.4 Å². The Hall–Kier alpha value is -4.34. The van der Waals surface area contributed by atoms with E-state index in [1.807, 2.05) is 26.8 Å². The van der Waals surface area contributed by atoms with Crippen molar-refractivity contribution in [3.8, 4) is 0 Å². The Balaban J connectivity index is 2.56. The molecule has 16 heteroatoms. The van der Waals surface area contributed by atoms with Gasteiger partial charge in [-0.3, -0.25) is 33.8 Å². The van der Waals surface area contributed by atoms with Crippen molar-refractivity contribution in [1.29, 1.82) is 0 Å². The van der Waals surface area contributed by atoms with E-state index in [0.29, 0.717) is 12.8 Å². The lowest BCUT2D eigenvalue weighted by molar-refractivity contribution is -0.137. The van der Waals surface area contributed by atoms with Crippen molar-refractivity contribution in [1.82, 2.24) is 31.9 Å². The van der Waals surface area contributed by atoms with Gasteiger partial charge in [0.2, 0.25) is 35.4 Å². The number of thiol groups is 1. The van der Waals surface area contributed by atoms with Crippen LogP contribution in [0.2, 0.25) is 0 Å². The van der Waals surface area contributed by atoms with E-state index in [1.165, 1.54) is 6.92 Å². The Morgan fingerprint density at radius 3 is 1.90 bits per heavy atom. The highest BCUT2D eigenvalue weighted by molar-refractivity contribution is 7.80. The highest BCUT2D eigenvalue weighted by Crippen LogP contribution is 2.13. The number of carbonyl (C=O) groups is 6. The van der Waals surface area contributed by atoms with Crippen molar-refractivity contribution >= 4 is 54.0 Å². The van der Waals surface area contributed by atoms with Gasteiger partial charge in [-0.1, -0.05) is 64.4 Å². The molecule has 0 saturated carbocycles. The summed E-state index contributed by atoms with van der Waals surface area (Å²) in [6, 6.07) is 2.32. The van der Waals surface area contributed by atoms with Gasteiger partial charge in [-0.2, -0.15) is 12.6 Å². The highest BCUT2D eigenvalue weighted by Gasteiger charge is 2.35.